The van der Waals surface area contributed by atoms with E-state index in [4.69, 9.17) is 72.7 Å². The van der Waals surface area contributed by atoms with E-state index in [1.54, 1.807) is 0 Å². The normalized spacial score (nSPS) is 34.6. The largest absolute Gasteiger partial charge is 0.456 e. The molecule has 0 N–H and O–H groups in total. The monoisotopic (exact) mass is 606 g/mol. The lowest BCUT2D eigenvalue weighted by molar-refractivity contribution is -0.368. The fourth-order valence-electron chi connectivity index (χ4n) is 4.12. The van der Waals surface area contributed by atoms with Gasteiger partial charge in [0, 0.05) is 34.6 Å². The Balaban J connectivity index is 2.58. The average molecular weight is 608 g/mol. The SMILES string of the molecule is CC(=O)O[C@@H]1[C@@H](OC(C)=O)[C@@H](O[C@]2(CCl)O[C@H](CCl)[C@@H](OC(C)=O)[C@@H]2OC(C)=O)O[C@H](CCl)[C@H]1OC(C)=O. The topological polar surface area (TPSA) is 159 Å². The predicted octanol–water partition coefficient (Wildman–Crippen LogP) is 1.20. The number of rotatable bonds is 10. The molecule has 2 rings (SSSR count). The number of ether oxygens (including phenoxy) is 8. The second-order valence-corrected chi connectivity index (χ2v) is 9.28. The molecule has 0 aromatic carbocycles. The molecule has 2 fully saturated rings. The maximum Gasteiger partial charge on any atom is 0.303 e. The molecule has 2 heterocycles. The van der Waals surface area contributed by atoms with Crippen molar-refractivity contribution < 1.29 is 61.9 Å². The van der Waals surface area contributed by atoms with Crippen molar-refractivity contribution in [1.82, 2.24) is 0 Å². The lowest BCUT2D eigenvalue weighted by Crippen LogP contribution is -2.65. The summed E-state index contributed by atoms with van der Waals surface area (Å²) in [4.78, 5) is 59.5. The summed E-state index contributed by atoms with van der Waals surface area (Å²) in [7, 11) is 0. The fraction of sp³-hybridized carbons (Fsp3) is 0.773. The first kappa shape index (κ1) is 32.3. The smallest absolute Gasteiger partial charge is 0.303 e. The van der Waals surface area contributed by atoms with Gasteiger partial charge in [0.2, 0.25) is 12.1 Å². The van der Waals surface area contributed by atoms with Crippen molar-refractivity contribution in [3.8, 4) is 0 Å². The minimum Gasteiger partial charge on any atom is -0.456 e. The Bertz CT molecular complexity index is 902. The van der Waals surface area contributed by atoms with Crippen molar-refractivity contribution in [3.05, 3.63) is 0 Å². The van der Waals surface area contributed by atoms with Crippen molar-refractivity contribution in [2.75, 3.05) is 17.6 Å². The summed E-state index contributed by atoms with van der Waals surface area (Å²) < 4.78 is 44.6. The van der Waals surface area contributed by atoms with E-state index < -0.39 is 90.5 Å². The minimum absolute atomic E-state index is 0.231. The van der Waals surface area contributed by atoms with Crippen molar-refractivity contribution in [2.24, 2.45) is 0 Å². The summed E-state index contributed by atoms with van der Waals surface area (Å²) in [6.45, 7) is 5.49. The molecule has 0 radical (unpaired) electrons. The molecule has 2 aliphatic rings. The number of hydrogen-bond acceptors (Lipinski definition) is 13. The molecule has 0 bridgehead atoms. The maximum absolute atomic E-state index is 12.0. The van der Waals surface area contributed by atoms with E-state index in [1.807, 2.05) is 0 Å². The Morgan fingerprint density at radius 2 is 1.08 bits per heavy atom. The standard InChI is InChI=1S/C22H29Cl3O13/c1-9(26)31-16-14(6-23)36-21(19(34-12(4)29)18(16)33-11(3)28)38-22(8-25)20(35-13(5)30)17(32-10(2)27)15(7-24)37-22/h14-21H,6-8H2,1-5H3/t14-,15-,16-,17-,18+,19-,20+,21-,22+/m1/s1. The van der Waals surface area contributed by atoms with Gasteiger partial charge in [0.15, 0.2) is 30.5 Å². The third-order valence-electron chi connectivity index (χ3n) is 5.35. The van der Waals surface area contributed by atoms with Crippen LogP contribution in [0.4, 0.5) is 0 Å². The first-order chi connectivity index (χ1) is 17.8. The van der Waals surface area contributed by atoms with E-state index in [0.29, 0.717) is 0 Å². The Morgan fingerprint density at radius 1 is 0.632 bits per heavy atom. The van der Waals surface area contributed by atoms with Gasteiger partial charge in [-0.2, -0.15) is 0 Å². The molecule has 0 aliphatic carbocycles. The molecule has 9 atom stereocenters. The van der Waals surface area contributed by atoms with Gasteiger partial charge in [0.1, 0.15) is 12.2 Å². The number of esters is 5. The Kier molecular flexibility index (Phi) is 11.9. The van der Waals surface area contributed by atoms with Crippen LogP contribution in [0.2, 0.25) is 0 Å². The number of carbonyl (C=O) groups is 5. The zero-order valence-corrected chi connectivity index (χ0v) is 23.4. The van der Waals surface area contributed by atoms with Crippen LogP contribution in [0.3, 0.4) is 0 Å². The average Bonchev–Trinajstić information content (AvgIpc) is 3.08. The van der Waals surface area contributed by atoms with E-state index >= 15 is 0 Å². The lowest BCUT2D eigenvalue weighted by atomic mass is 9.98. The number of hydrogen-bond donors (Lipinski definition) is 0. The summed E-state index contributed by atoms with van der Waals surface area (Å²) >= 11 is 18.4. The first-order valence-electron chi connectivity index (χ1n) is 11.3. The van der Waals surface area contributed by atoms with Crippen molar-refractivity contribution >= 4 is 64.6 Å². The van der Waals surface area contributed by atoms with Gasteiger partial charge >= 0.3 is 29.8 Å². The van der Waals surface area contributed by atoms with E-state index in [1.165, 1.54) is 0 Å². The molecular formula is C22H29Cl3O13. The Labute approximate surface area is 233 Å². The van der Waals surface area contributed by atoms with Gasteiger partial charge in [0.05, 0.1) is 17.6 Å². The highest BCUT2D eigenvalue weighted by Gasteiger charge is 2.63. The van der Waals surface area contributed by atoms with Gasteiger partial charge in [0.25, 0.3) is 0 Å². The number of alkyl halides is 3. The van der Waals surface area contributed by atoms with Crippen LogP contribution in [0, 0.1) is 0 Å². The molecule has 13 nitrogen and oxygen atoms in total. The highest BCUT2D eigenvalue weighted by molar-refractivity contribution is 6.19. The van der Waals surface area contributed by atoms with Crippen molar-refractivity contribution in [3.63, 3.8) is 0 Å². The molecule has 0 spiro atoms. The summed E-state index contributed by atoms with van der Waals surface area (Å²) in [5.74, 6) is -7.04. The number of halogens is 3. The van der Waals surface area contributed by atoms with Crippen molar-refractivity contribution in [1.29, 1.82) is 0 Å². The summed E-state index contributed by atoms with van der Waals surface area (Å²) in [6.07, 6.45) is -10.8. The predicted molar refractivity (Wildman–Crippen MR) is 127 cm³/mol. The molecule has 0 aromatic heterocycles. The van der Waals surface area contributed by atoms with Crippen molar-refractivity contribution in [2.45, 2.75) is 89.4 Å². The lowest BCUT2D eigenvalue weighted by Gasteiger charge is -2.46. The van der Waals surface area contributed by atoms with E-state index in [0.717, 1.165) is 34.6 Å². The molecule has 2 aliphatic heterocycles. The highest BCUT2D eigenvalue weighted by Crippen LogP contribution is 2.41. The molecule has 0 amide bonds. The summed E-state index contributed by atoms with van der Waals surface area (Å²) in [5, 5.41) is 0. The van der Waals surface area contributed by atoms with Crippen LogP contribution in [-0.4, -0.2) is 102 Å². The second-order valence-electron chi connectivity index (χ2n) is 8.40. The van der Waals surface area contributed by atoms with Gasteiger partial charge in [-0.15, -0.1) is 34.8 Å². The van der Waals surface area contributed by atoms with Gasteiger partial charge in [-0.3, -0.25) is 24.0 Å². The first-order valence-corrected chi connectivity index (χ1v) is 12.9. The van der Waals surface area contributed by atoms with Crippen LogP contribution >= 0.6 is 34.8 Å². The van der Waals surface area contributed by atoms with Gasteiger partial charge in [-0.25, -0.2) is 0 Å². The Morgan fingerprint density at radius 3 is 1.53 bits per heavy atom. The van der Waals surface area contributed by atoms with Crippen LogP contribution in [0.25, 0.3) is 0 Å². The highest BCUT2D eigenvalue weighted by atomic mass is 35.5. The fourth-order valence-corrected chi connectivity index (χ4v) is 4.89. The zero-order chi connectivity index (χ0) is 28.8. The van der Waals surface area contributed by atoms with Crippen LogP contribution in [0.15, 0.2) is 0 Å². The molecular weight excluding hydrogens is 579 g/mol. The zero-order valence-electron chi connectivity index (χ0n) is 21.2. The van der Waals surface area contributed by atoms with E-state index in [9.17, 15) is 24.0 Å². The molecule has 2 saturated heterocycles. The third kappa shape index (κ3) is 7.82. The number of carbonyl (C=O) groups excluding carboxylic acids is 5. The molecule has 16 heteroatoms. The molecule has 216 valence electrons. The Hall–Kier alpha value is -1.90. The van der Waals surface area contributed by atoms with Crippen LogP contribution in [0.5, 0.6) is 0 Å². The van der Waals surface area contributed by atoms with Crippen LogP contribution < -0.4 is 0 Å². The van der Waals surface area contributed by atoms with Crippen LogP contribution in [-0.2, 0) is 61.9 Å². The van der Waals surface area contributed by atoms with Gasteiger partial charge < -0.3 is 37.9 Å². The summed E-state index contributed by atoms with van der Waals surface area (Å²) in [6, 6.07) is 0. The van der Waals surface area contributed by atoms with E-state index in [-0.39, 0.29) is 11.8 Å². The third-order valence-corrected chi connectivity index (χ3v) is 6.33. The second kappa shape index (κ2) is 13.9. The summed E-state index contributed by atoms with van der Waals surface area (Å²) in [5.41, 5.74) is 0. The van der Waals surface area contributed by atoms with Gasteiger partial charge in [-0.1, -0.05) is 0 Å². The molecule has 0 unspecified atom stereocenters. The van der Waals surface area contributed by atoms with E-state index in [2.05, 4.69) is 0 Å². The quantitative estimate of drug-likeness (QED) is 0.198. The van der Waals surface area contributed by atoms with Gasteiger partial charge in [-0.05, 0) is 0 Å². The maximum atomic E-state index is 12.0. The minimum atomic E-state index is -2.07. The molecule has 38 heavy (non-hydrogen) atoms. The molecule has 0 saturated carbocycles. The van der Waals surface area contributed by atoms with Crippen LogP contribution in [0.1, 0.15) is 34.6 Å². The molecule has 0 aromatic rings.